The monoisotopic (exact) mass is 668 g/mol. The molecule has 2 saturated heterocycles. The molecule has 2 unspecified atom stereocenters. The molecule has 11 nitrogen and oxygen atoms in total. The van der Waals surface area contributed by atoms with Gasteiger partial charge in [0.25, 0.3) is 0 Å². The minimum absolute atomic E-state index is 0.115. The molecule has 1 aliphatic carbocycles. The van der Waals surface area contributed by atoms with Crippen LogP contribution in [0.15, 0.2) is 65.1 Å². The summed E-state index contributed by atoms with van der Waals surface area (Å²) in [6, 6.07) is 19.6. The standard InChI is InChI=1S/C38H44N4O7/c1-39-37(45)47-21-17-25-9-5-7-19-41(25)27-13-15-31-33(23-27)49-34-24-28(42-20-8-6-10-26(42)18-22-48-38(46)40-2)14-16-32(34)35(31)29-11-3-4-12-30(29)36(43)44/h3-4,11-16,23-26H,5-10,17-22H2,1-2H3,(H2-,39,40,43,44,45,46). The Morgan fingerprint density at radius 1 is 0.878 bits per heavy atom. The summed E-state index contributed by atoms with van der Waals surface area (Å²) < 4.78 is 19.7. The Bertz CT molecular complexity index is 1870. The average Bonchev–Trinajstić information content (AvgIpc) is 3.13. The second-order valence-electron chi connectivity index (χ2n) is 12.7. The van der Waals surface area contributed by atoms with E-state index in [0.717, 1.165) is 79.2 Å². The van der Waals surface area contributed by atoms with Crippen LogP contribution in [0, 0.1) is 0 Å². The first-order valence-corrected chi connectivity index (χ1v) is 17.2. The molecule has 258 valence electrons. The van der Waals surface area contributed by atoms with Gasteiger partial charge in [-0.1, -0.05) is 24.3 Å². The van der Waals surface area contributed by atoms with Crippen molar-refractivity contribution in [1.82, 2.24) is 15.2 Å². The first kappa shape index (κ1) is 33.8. The summed E-state index contributed by atoms with van der Waals surface area (Å²) in [5.74, 6) is -0.596. The van der Waals surface area contributed by atoms with E-state index in [-0.39, 0.29) is 17.6 Å². The van der Waals surface area contributed by atoms with E-state index in [1.54, 1.807) is 26.2 Å². The summed E-state index contributed by atoms with van der Waals surface area (Å²) >= 11 is 0. The largest absolute Gasteiger partial charge is 0.545 e. The van der Waals surface area contributed by atoms with E-state index in [4.69, 9.17) is 13.9 Å². The van der Waals surface area contributed by atoms with Crippen LogP contribution in [0.2, 0.25) is 0 Å². The molecule has 49 heavy (non-hydrogen) atoms. The number of nitrogens with zero attached hydrogens (tertiary/aromatic N) is 2. The van der Waals surface area contributed by atoms with Crippen molar-refractivity contribution in [2.45, 2.75) is 63.5 Å². The van der Waals surface area contributed by atoms with Crippen LogP contribution in [0.25, 0.3) is 33.4 Å². The zero-order chi connectivity index (χ0) is 34.3. The molecule has 3 aliphatic heterocycles. The molecule has 2 amide bonds. The number of piperidine rings is 2. The van der Waals surface area contributed by atoms with Gasteiger partial charge in [-0.15, -0.1) is 0 Å². The Morgan fingerprint density at radius 3 is 2.41 bits per heavy atom. The topological polar surface area (TPSA) is 136 Å². The van der Waals surface area contributed by atoms with E-state index in [1.165, 1.54) is 0 Å². The van der Waals surface area contributed by atoms with Crippen LogP contribution in [0.4, 0.5) is 15.3 Å². The highest BCUT2D eigenvalue weighted by atomic mass is 16.6. The van der Waals surface area contributed by atoms with Gasteiger partial charge in [0.15, 0.2) is 6.04 Å². The van der Waals surface area contributed by atoms with Crippen molar-refractivity contribution < 1.29 is 33.4 Å². The fraction of sp³-hybridized carbons (Fsp3) is 0.421. The van der Waals surface area contributed by atoms with E-state index in [9.17, 15) is 19.5 Å². The molecule has 0 spiro atoms. The predicted octanol–water partition coefficient (Wildman–Crippen LogP) is 4.74. The van der Waals surface area contributed by atoms with Gasteiger partial charge in [-0.3, -0.25) is 0 Å². The number of hydrogen-bond donors (Lipinski definition) is 2. The number of rotatable bonds is 9. The predicted molar refractivity (Wildman–Crippen MR) is 185 cm³/mol. The number of carbonyl (C=O) groups is 3. The van der Waals surface area contributed by atoms with Crippen molar-refractivity contribution in [2.24, 2.45) is 0 Å². The highest BCUT2D eigenvalue weighted by Gasteiger charge is 2.28. The Balaban J connectivity index is 1.47. The summed E-state index contributed by atoms with van der Waals surface area (Å²) in [6.45, 7) is 2.39. The van der Waals surface area contributed by atoms with Crippen LogP contribution in [0.1, 0.15) is 61.7 Å². The van der Waals surface area contributed by atoms with Crippen molar-refractivity contribution in [2.75, 3.05) is 45.3 Å². The Morgan fingerprint density at radius 2 is 1.63 bits per heavy atom. The number of carboxylic acid groups (broad SMARTS) is 1. The Hall–Kier alpha value is -5.06. The molecule has 0 radical (unpaired) electrons. The first-order chi connectivity index (χ1) is 23.9. The number of carboxylic acids is 1. The molecular weight excluding hydrogens is 624 g/mol. The van der Waals surface area contributed by atoms with Crippen molar-refractivity contribution in [3.05, 3.63) is 71.6 Å². The molecule has 11 heteroatoms. The molecule has 2 aromatic rings. The van der Waals surface area contributed by atoms with Crippen LogP contribution in [-0.4, -0.2) is 70.6 Å². The number of alkyl carbamates (subject to hydrolysis) is 2. The molecule has 2 aromatic carbocycles. The summed E-state index contributed by atoms with van der Waals surface area (Å²) in [4.78, 5) is 38.1. The molecule has 6 rings (SSSR count). The number of hydrogen-bond acceptors (Lipinski definition) is 8. The summed E-state index contributed by atoms with van der Waals surface area (Å²) in [5.41, 5.74) is 3.91. The number of fused-ring (bicyclic) bond motifs is 2. The Kier molecular flexibility index (Phi) is 10.7. The molecular formula is C38H44N4O7. The van der Waals surface area contributed by atoms with Crippen LogP contribution in [0.5, 0.6) is 0 Å². The molecule has 0 aromatic heterocycles. The zero-order valence-electron chi connectivity index (χ0n) is 28.2. The fourth-order valence-electron chi connectivity index (χ4n) is 7.40. The molecule has 0 saturated carbocycles. The lowest BCUT2D eigenvalue weighted by molar-refractivity contribution is -0.254. The van der Waals surface area contributed by atoms with Gasteiger partial charge in [0.05, 0.1) is 25.2 Å². The first-order valence-electron chi connectivity index (χ1n) is 17.2. The van der Waals surface area contributed by atoms with E-state index < -0.39 is 18.2 Å². The van der Waals surface area contributed by atoms with Gasteiger partial charge in [0, 0.05) is 92.3 Å². The molecule has 2 fully saturated rings. The average molecular weight is 669 g/mol. The Labute approximate surface area is 285 Å². The summed E-state index contributed by atoms with van der Waals surface area (Å²) in [6.07, 6.45) is 6.84. The van der Waals surface area contributed by atoms with Gasteiger partial charge in [-0.2, -0.15) is 0 Å². The lowest BCUT2D eigenvalue weighted by atomic mass is 9.90. The van der Waals surface area contributed by atoms with Crippen LogP contribution >= 0.6 is 0 Å². The van der Waals surface area contributed by atoms with E-state index in [0.29, 0.717) is 43.0 Å². The number of anilines is 1. The second kappa shape index (κ2) is 15.4. The SMILES string of the molecule is CNC(=O)OCCC1CCCCN1c1ccc2c(-c3ccccc3C(=O)[O-])c3ccc(=[N+]4CCCCC4CCOC(=O)NC)cc-3oc2c1. The molecule has 4 aliphatic rings. The van der Waals surface area contributed by atoms with E-state index in [1.807, 2.05) is 36.4 Å². The summed E-state index contributed by atoms with van der Waals surface area (Å²) in [7, 11) is 3.10. The van der Waals surface area contributed by atoms with Crippen molar-refractivity contribution in [3.63, 3.8) is 0 Å². The van der Waals surface area contributed by atoms with Gasteiger partial charge in [0.2, 0.25) is 5.36 Å². The quantitative estimate of drug-likeness (QED) is 0.193. The maximum absolute atomic E-state index is 12.3. The number of carbonyl (C=O) groups excluding carboxylic acids is 3. The van der Waals surface area contributed by atoms with Gasteiger partial charge in [-0.05, 0) is 49.4 Å². The fourth-order valence-corrected chi connectivity index (χ4v) is 7.40. The van der Waals surface area contributed by atoms with Crippen LogP contribution in [-0.2, 0) is 9.47 Å². The third-order valence-corrected chi connectivity index (χ3v) is 9.80. The minimum Gasteiger partial charge on any atom is -0.545 e. The molecule has 0 bridgehead atoms. The maximum Gasteiger partial charge on any atom is 0.406 e. The minimum atomic E-state index is -1.24. The van der Waals surface area contributed by atoms with E-state index in [2.05, 4.69) is 32.2 Å². The smallest absolute Gasteiger partial charge is 0.406 e. The van der Waals surface area contributed by atoms with Gasteiger partial charge in [-0.25, -0.2) is 14.2 Å². The molecule has 2 N–H and O–H groups in total. The second-order valence-corrected chi connectivity index (χ2v) is 12.7. The van der Waals surface area contributed by atoms with Gasteiger partial charge >= 0.3 is 12.2 Å². The van der Waals surface area contributed by atoms with Crippen LogP contribution < -0.4 is 30.6 Å². The zero-order valence-corrected chi connectivity index (χ0v) is 28.2. The highest BCUT2D eigenvalue weighted by Crippen LogP contribution is 2.42. The van der Waals surface area contributed by atoms with Gasteiger partial charge < -0.3 is 39.3 Å². The van der Waals surface area contributed by atoms with Crippen molar-refractivity contribution in [1.29, 1.82) is 0 Å². The molecule has 2 atom stereocenters. The number of aromatic carboxylic acids is 1. The number of ether oxygens (including phenoxy) is 2. The van der Waals surface area contributed by atoms with Crippen molar-refractivity contribution >= 4 is 34.8 Å². The highest BCUT2D eigenvalue weighted by molar-refractivity contribution is 6.07. The number of amides is 2. The van der Waals surface area contributed by atoms with E-state index >= 15 is 0 Å². The molecule has 3 heterocycles. The third kappa shape index (κ3) is 7.50. The lowest BCUT2D eigenvalue weighted by Crippen LogP contribution is -2.43. The van der Waals surface area contributed by atoms with Gasteiger partial charge in [0.1, 0.15) is 17.9 Å². The third-order valence-electron chi connectivity index (χ3n) is 9.80. The van der Waals surface area contributed by atoms with Crippen molar-refractivity contribution in [3.8, 4) is 22.5 Å². The lowest BCUT2D eigenvalue weighted by Gasteiger charge is -2.37. The normalized spacial score (nSPS) is 19.0. The number of benzene rings is 3. The van der Waals surface area contributed by atoms with Crippen LogP contribution in [0.3, 0.4) is 0 Å². The maximum atomic E-state index is 12.3. The summed E-state index contributed by atoms with van der Waals surface area (Å²) in [5, 5.41) is 19.1. The number of nitrogens with one attached hydrogen (secondary N) is 2.